The van der Waals surface area contributed by atoms with Gasteiger partial charge in [0.15, 0.2) is 5.82 Å². The van der Waals surface area contributed by atoms with Crippen LogP contribution in [0.1, 0.15) is 34.2 Å². The number of hydrogen-bond donors (Lipinski definition) is 0. The Morgan fingerprint density at radius 3 is 2.41 bits per heavy atom. The lowest BCUT2D eigenvalue weighted by Crippen LogP contribution is -2.44. The van der Waals surface area contributed by atoms with E-state index in [-0.39, 0.29) is 12.0 Å². The van der Waals surface area contributed by atoms with Gasteiger partial charge in [-0.15, -0.1) is 11.3 Å². The molecule has 1 atom stereocenters. The molecule has 1 unspecified atom stereocenters. The number of nitrogens with zero attached hydrogens (tertiary/aromatic N) is 2. The summed E-state index contributed by atoms with van der Waals surface area (Å²) in [6, 6.07) is 4.05. The number of alkyl halides is 3. The van der Waals surface area contributed by atoms with Crippen LogP contribution in [0, 0.1) is 5.82 Å². The van der Waals surface area contributed by atoms with Gasteiger partial charge in [0, 0.05) is 22.7 Å². The van der Waals surface area contributed by atoms with Crippen molar-refractivity contribution in [2.75, 3.05) is 6.54 Å². The summed E-state index contributed by atoms with van der Waals surface area (Å²) in [5.74, 6) is -0.537. The summed E-state index contributed by atoms with van der Waals surface area (Å²) in [5.41, 5.74) is -0.385. The molecule has 0 aliphatic carbocycles. The molecule has 0 bridgehead atoms. The van der Waals surface area contributed by atoms with Crippen molar-refractivity contribution in [1.29, 1.82) is 0 Å². The van der Waals surface area contributed by atoms with E-state index in [1.165, 1.54) is 0 Å². The van der Waals surface area contributed by atoms with Crippen molar-refractivity contribution >= 4 is 45.9 Å². The maximum atomic E-state index is 14.2. The molecule has 29 heavy (non-hydrogen) atoms. The highest BCUT2D eigenvalue weighted by atomic mass is 35.5. The van der Waals surface area contributed by atoms with E-state index >= 15 is 0 Å². The van der Waals surface area contributed by atoms with E-state index in [4.69, 9.17) is 23.2 Å². The highest BCUT2D eigenvalue weighted by molar-refractivity contribution is 7.13. The Morgan fingerprint density at radius 2 is 1.86 bits per heavy atom. The van der Waals surface area contributed by atoms with Gasteiger partial charge < -0.3 is 4.90 Å². The Balaban J connectivity index is 1.62. The number of rotatable bonds is 2. The van der Waals surface area contributed by atoms with E-state index in [9.17, 15) is 17.6 Å². The summed E-state index contributed by atoms with van der Waals surface area (Å²) in [6.07, 6.45) is -4.93. The lowest BCUT2D eigenvalue weighted by molar-refractivity contribution is -0.184. The van der Waals surface area contributed by atoms with Crippen molar-refractivity contribution in [2.45, 2.75) is 38.0 Å². The van der Waals surface area contributed by atoms with Crippen LogP contribution in [0.3, 0.4) is 0 Å². The summed E-state index contributed by atoms with van der Waals surface area (Å²) < 4.78 is 56.3. The van der Waals surface area contributed by atoms with Gasteiger partial charge in [-0.05, 0) is 41.8 Å². The number of allylic oxidation sites excluding steroid dienone is 1. The van der Waals surface area contributed by atoms with Gasteiger partial charge in [-0.3, -0.25) is 4.99 Å². The molecule has 2 aliphatic rings. The summed E-state index contributed by atoms with van der Waals surface area (Å²) in [5, 5.41) is -0.861. The molecule has 0 amide bonds. The summed E-state index contributed by atoms with van der Waals surface area (Å²) in [7, 11) is 0. The van der Waals surface area contributed by atoms with Gasteiger partial charge in [0.05, 0.1) is 23.1 Å². The van der Waals surface area contributed by atoms with E-state index in [0.29, 0.717) is 18.9 Å². The minimum Gasteiger partial charge on any atom is -0.351 e. The van der Waals surface area contributed by atoms with Crippen molar-refractivity contribution < 1.29 is 17.6 Å². The van der Waals surface area contributed by atoms with E-state index in [1.54, 1.807) is 11.3 Å². The van der Waals surface area contributed by atoms with Gasteiger partial charge in [-0.1, -0.05) is 29.8 Å². The molecule has 2 nitrogen and oxygen atoms in total. The lowest BCUT2D eigenvalue weighted by Gasteiger charge is -2.32. The van der Waals surface area contributed by atoms with Crippen LogP contribution in [-0.2, 0) is 18.5 Å². The number of benzene rings is 1. The largest absolute Gasteiger partial charge is 0.400 e. The third-order valence-corrected chi connectivity index (χ3v) is 7.32. The van der Waals surface area contributed by atoms with Crippen LogP contribution in [0.25, 0.3) is 5.57 Å². The minimum absolute atomic E-state index is 0.168. The number of aliphatic imine (C=N–C) groups is 1. The van der Waals surface area contributed by atoms with Gasteiger partial charge in [-0.25, -0.2) is 4.39 Å². The van der Waals surface area contributed by atoms with Crippen LogP contribution in [0.2, 0.25) is 10.0 Å². The summed E-state index contributed by atoms with van der Waals surface area (Å²) >= 11 is 13.2. The van der Waals surface area contributed by atoms with Gasteiger partial charge in [0.25, 0.3) is 0 Å². The molecule has 0 saturated carbocycles. The van der Waals surface area contributed by atoms with Crippen LogP contribution < -0.4 is 0 Å². The first kappa shape index (κ1) is 20.7. The average Bonchev–Trinajstić information content (AvgIpc) is 3.30. The van der Waals surface area contributed by atoms with Gasteiger partial charge >= 0.3 is 6.18 Å². The summed E-state index contributed by atoms with van der Waals surface area (Å²) in [4.78, 5) is 8.31. The Morgan fingerprint density at radius 1 is 1.21 bits per heavy atom. The maximum absolute atomic E-state index is 14.2. The fourth-order valence-electron chi connectivity index (χ4n) is 3.76. The second-order valence-electron chi connectivity index (χ2n) is 7.44. The fourth-order valence-corrected chi connectivity index (χ4v) is 5.36. The van der Waals surface area contributed by atoms with E-state index < -0.39 is 34.0 Å². The molecular formula is C20H16Cl2F4N2S. The van der Waals surface area contributed by atoms with E-state index in [1.807, 2.05) is 17.9 Å². The highest BCUT2D eigenvalue weighted by Gasteiger charge is 2.59. The predicted octanol–water partition coefficient (Wildman–Crippen LogP) is 6.85. The van der Waals surface area contributed by atoms with E-state index in [2.05, 4.69) is 11.6 Å². The molecule has 0 saturated heterocycles. The smallest absolute Gasteiger partial charge is 0.351 e. The number of amidine groups is 1. The molecule has 154 valence electrons. The molecular weight excluding hydrogens is 447 g/mol. The van der Waals surface area contributed by atoms with Crippen LogP contribution in [-0.4, -0.2) is 23.5 Å². The highest BCUT2D eigenvalue weighted by Crippen LogP contribution is 2.49. The van der Waals surface area contributed by atoms with Crippen LogP contribution >= 0.6 is 34.5 Å². The third kappa shape index (κ3) is 3.37. The van der Waals surface area contributed by atoms with Crippen LogP contribution in [0.15, 0.2) is 29.8 Å². The minimum atomic E-state index is -4.60. The topological polar surface area (TPSA) is 15.6 Å². The molecule has 9 heteroatoms. The zero-order chi connectivity index (χ0) is 21.1. The standard InChI is InChI=1S/C20H16Cl2F4N2S/c1-10(2)15-3-11-7-28(8-16(11)29-15)17-6-19(9-27-17,20(24,25)26)12-4-13(21)18(23)14(22)5-12/h3-5H,1,6-9H2,2H3. The molecule has 4 rings (SSSR count). The molecule has 1 aromatic carbocycles. The van der Waals surface area contributed by atoms with Crippen LogP contribution in [0.5, 0.6) is 0 Å². The zero-order valence-corrected chi connectivity index (χ0v) is 17.7. The maximum Gasteiger partial charge on any atom is 0.400 e. The normalized spacial score (nSPS) is 21.5. The number of hydrogen-bond acceptors (Lipinski definition) is 3. The average molecular weight is 463 g/mol. The van der Waals surface area contributed by atoms with E-state index in [0.717, 1.165) is 33.0 Å². The fraction of sp³-hybridized carbons (Fsp3) is 0.350. The van der Waals surface area contributed by atoms with Crippen molar-refractivity contribution in [3.8, 4) is 0 Å². The van der Waals surface area contributed by atoms with Crippen molar-refractivity contribution in [3.05, 3.63) is 61.5 Å². The monoisotopic (exact) mass is 462 g/mol. The Bertz CT molecular complexity index is 997. The second-order valence-corrected chi connectivity index (χ2v) is 9.39. The quantitative estimate of drug-likeness (QED) is 0.352. The first-order valence-corrected chi connectivity index (χ1v) is 10.4. The Kier molecular flexibility index (Phi) is 4.99. The molecule has 0 N–H and O–H groups in total. The molecule has 2 aliphatic heterocycles. The van der Waals surface area contributed by atoms with Gasteiger partial charge in [-0.2, -0.15) is 13.2 Å². The molecule has 0 spiro atoms. The zero-order valence-electron chi connectivity index (χ0n) is 15.3. The third-order valence-electron chi connectivity index (χ3n) is 5.45. The number of fused-ring (bicyclic) bond motifs is 1. The SMILES string of the molecule is C=C(C)c1cc2c(s1)CN(C1=NCC(c3cc(Cl)c(F)c(Cl)c3)(C(F)(F)F)C1)C2. The molecule has 3 heterocycles. The van der Waals surface area contributed by atoms with Crippen molar-refractivity contribution in [3.63, 3.8) is 0 Å². The Hall–Kier alpha value is -1.57. The molecule has 1 aromatic heterocycles. The van der Waals surface area contributed by atoms with Crippen molar-refractivity contribution in [2.24, 2.45) is 4.99 Å². The molecule has 0 radical (unpaired) electrons. The predicted molar refractivity (Wildman–Crippen MR) is 109 cm³/mol. The number of thiophene rings is 1. The summed E-state index contributed by atoms with van der Waals surface area (Å²) in [6.45, 7) is 6.41. The van der Waals surface area contributed by atoms with Crippen molar-refractivity contribution in [1.82, 2.24) is 4.90 Å². The van der Waals surface area contributed by atoms with Gasteiger partial charge in [0.2, 0.25) is 0 Å². The first-order chi connectivity index (χ1) is 13.5. The molecule has 2 aromatic rings. The first-order valence-electron chi connectivity index (χ1n) is 8.79. The lowest BCUT2D eigenvalue weighted by atomic mass is 9.78. The molecule has 0 fully saturated rings. The van der Waals surface area contributed by atoms with Gasteiger partial charge in [0.1, 0.15) is 11.3 Å². The second kappa shape index (κ2) is 7.00. The van der Waals surface area contributed by atoms with Crippen LogP contribution in [0.4, 0.5) is 17.6 Å². The Labute approximate surface area is 179 Å². The number of halogens is 6.